The zero-order valence-electron chi connectivity index (χ0n) is 20.7. The molecule has 3 aromatic rings. The number of thioether (sulfide) groups is 1. The zero-order chi connectivity index (χ0) is 26.6. The first-order valence-electron chi connectivity index (χ1n) is 11.8. The number of carbonyl (C=O) groups is 1. The average Bonchev–Trinajstić information content (AvgIpc) is 3.03. The van der Waals surface area contributed by atoms with Gasteiger partial charge in [-0.1, -0.05) is 71.9 Å². The number of allylic oxidation sites excluding steroid dienone is 2. The van der Waals surface area contributed by atoms with E-state index >= 15 is 0 Å². The van der Waals surface area contributed by atoms with E-state index in [0.717, 1.165) is 45.2 Å². The number of aromatic nitrogens is 1. The summed E-state index contributed by atoms with van der Waals surface area (Å²) < 4.78 is 0. The maximum absolute atomic E-state index is 11.1. The van der Waals surface area contributed by atoms with Crippen LogP contribution in [0.15, 0.2) is 113 Å². The number of hydrogen-bond acceptors (Lipinski definition) is 4. The Balaban J connectivity index is 0.000000222. The van der Waals surface area contributed by atoms with Crippen LogP contribution in [0.2, 0.25) is 10.0 Å². The van der Waals surface area contributed by atoms with Crippen LogP contribution in [-0.4, -0.2) is 23.1 Å². The number of benzene rings is 2. The molecule has 0 bridgehead atoms. The van der Waals surface area contributed by atoms with E-state index in [-0.39, 0.29) is 5.91 Å². The number of nitrogens with one attached hydrogen (secondary N) is 1. The number of pyridine rings is 1. The number of carbonyl (C=O) groups excluding carboxylic acids is 1. The van der Waals surface area contributed by atoms with Crippen LogP contribution in [0, 0.1) is 0 Å². The largest absolute Gasteiger partial charge is 0.356 e. The van der Waals surface area contributed by atoms with Crippen molar-refractivity contribution in [2.45, 2.75) is 31.1 Å². The number of halogens is 2. The summed E-state index contributed by atoms with van der Waals surface area (Å²) in [7, 11) is 0. The van der Waals surface area contributed by atoms with Crippen LogP contribution < -0.4 is 5.32 Å². The SMILES string of the molecule is C=CC1=C(C)Sc2ccccc2C(c2ccc(Cl)cc2Cl)=N1.C=CCC(=O)NCCCc1cccnc1. The molecule has 4 rings (SSSR count). The van der Waals surface area contributed by atoms with Gasteiger partial charge in [0.15, 0.2) is 0 Å². The van der Waals surface area contributed by atoms with Crippen LogP contribution in [0.1, 0.15) is 36.5 Å². The lowest BCUT2D eigenvalue weighted by Gasteiger charge is -2.11. The second-order valence-corrected chi connectivity index (χ2v) is 10.2. The molecule has 1 aliphatic rings. The number of hydrogen-bond donors (Lipinski definition) is 1. The van der Waals surface area contributed by atoms with Crippen molar-refractivity contribution in [2.24, 2.45) is 4.99 Å². The Hall–Kier alpha value is -3.12. The third kappa shape index (κ3) is 8.46. The molecule has 1 aromatic heterocycles. The number of amides is 1. The Bertz CT molecular complexity index is 1320. The summed E-state index contributed by atoms with van der Waals surface area (Å²) in [4.78, 5) is 22.2. The zero-order valence-corrected chi connectivity index (χ0v) is 23.0. The molecule has 1 N–H and O–H groups in total. The fraction of sp³-hybridized carbons (Fsp3) is 0.167. The smallest absolute Gasteiger partial charge is 0.223 e. The van der Waals surface area contributed by atoms with Crippen LogP contribution in [0.25, 0.3) is 0 Å². The van der Waals surface area contributed by atoms with Crippen LogP contribution in [0.3, 0.4) is 0 Å². The Labute approximate surface area is 233 Å². The molecule has 7 heteroatoms. The Morgan fingerprint density at radius 2 is 1.89 bits per heavy atom. The standard InChI is InChI=1S/C18H13Cl2NS.C12H16N2O/c1-3-16-11(2)22-17-7-5-4-6-14(17)18(21-16)13-9-8-12(19)10-15(13)20;1-2-5-12(15)14-9-4-7-11-6-3-8-13-10-11/h3-10H,1H2,2H3;2-3,6,8,10H,1,4-5,7,9H2,(H,14,15). The summed E-state index contributed by atoms with van der Waals surface area (Å²) in [6.45, 7) is 10.1. The van der Waals surface area contributed by atoms with E-state index in [4.69, 9.17) is 28.2 Å². The van der Waals surface area contributed by atoms with E-state index in [9.17, 15) is 4.79 Å². The maximum atomic E-state index is 11.1. The van der Waals surface area contributed by atoms with E-state index in [1.807, 2.05) is 49.5 Å². The number of aryl methyl sites for hydroxylation is 1. The van der Waals surface area contributed by atoms with Crippen molar-refractivity contribution in [1.82, 2.24) is 10.3 Å². The van der Waals surface area contributed by atoms with Crippen LogP contribution in [0.4, 0.5) is 0 Å². The number of nitrogens with zero attached hydrogens (tertiary/aromatic N) is 2. The highest BCUT2D eigenvalue weighted by Gasteiger charge is 2.19. The molecule has 2 heterocycles. The summed E-state index contributed by atoms with van der Waals surface area (Å²) >= 11 is 14.1. The monoisotopic (exact) mass is 549 g/mol. The maximum Gasteiger partial charge on any atom is 0.223 e. The van der Waals surface area contributed by atoms with Gasteiger partial charge in [0.05, 0.1) is 16.4 Å². The minimum atomic E-state index is 0.0381. The van der Waals surface area contributed by atoms with Gasteiger partial charge >= 0.3 is 0 Å². The van der Waals surface area contributed by atoms with E-state index in [0.29, 0.717) is 23.0 Å². The van der Waals surface area contributed by atoms with Gasteiger partial charge in [0.1, 0.15) is 0 Å². The summed E-state index contributed by atoms with van der Waals surface area (Å²) in [5.74, 6) is 0.0381. The van der Waals surface area contributed by atoms with Crippen LogP contribution >= 0.6 is 35.0 Å². The molecule has 0 fully saturated rings. The topological polar surface area (TPSA) is 54.4 Å². The summed E-state index contributed by atoms with van der Waals surface area (Å²) in [5.41, 5.74) is 4.84. The van der Waals surface area contributed by atoms with Gasteiger partial charge in [-0.2, -0.15) is 0 Å². The molecule has 1 amide bonds. The molecular formula is C30H29Cl2N3OS. The van der Waals surface area contributed by atoms with Crippen molar-refractivity contribution >= 4 is 46.6 Å². The minimum absolute atomic E-state index is 0.0381. The van der Waals surface area contributed by atoms with Crippen molar-refractivity contribution in [3.8, 4) is 0 Å². The summed E-state index contributed by atoms with van der Waals surface area (Å²) in [6, 6.07) is 17.6. The molecule has 0 atom stereocenters. The number of fused-ring (bicyclic) bond motifs is 1. The molecule has 0 saturated heterocycles. The second kappa shape index (κ2) is 14.6. The lowest BCUT2D eigenvalue weighted by atomic mass is 10.0. The van der Waals surface area contributed by atoms with Crippen molar-refractivity contribution in [2.75, 3.05) is 6.54 Å². The highest BCUT2D eigenvalue weighted by molar-refractivity contribution is 8.03. The second-order valence-electron chi connectivity index (χ2n) is 8.14. The molecular weight excluding hydrogens is 521 g/mol. The van der Waals surface area contributed by atoms with Gasteiger partial charge < -0.3 is 5.32 Å². The number of rotatable bonds is 8. The number of aliphatic imine (C=N–C) groups is 1. The third-order valence-electron chi connectivity index (χ3n) is 5.39. The normalized spacial score (nSPS) is 12.4. The van der Waals surface area contributed by atoms with Gasteiger partial charge in [-0.25, -0.2) is 4.99 Å². The van der Waals surface area contributed by atoms with Gasteiger partial charge in [-0.05, 0) is 61.7 Å². The third-order valence-corrected chi connectivity index (χ3v) is 7.03. The Morgan fingerprint density at radius 1 is 1.08 bits per heavy atom. The molecule has 2 aromatic carbocycles. The Kier molecular flexibility index (Phi) is 11.2. The minimum Gasteiger partial charge on any atom is -0.356 e. The average molecular weight is 551 g/mol. The van der Waals surface area contributed by atoms with Gasteiger partial charge in [-0.15, -0.1) is 6.58 Å². The first-order valence-corrected chi connectivity index (χ1v) is 13.4. The fourth-order valence-corrected chi connectivity index (χ4v) is 5.06. The molecule has 0 unspecified atom stereocenters. The predicted octanol–water partition coefficient (Wildman–Crippen LogP) is 8.06. The van der Waals surface area contributed by atoms with Gasteiger partial charge in [-0.3, -0.25) is 9.78 Å². The van der Waals surface area contributed by atoms with E-state index in [1.165, 1.54) is 5.56 Å². The van der Waals surface area contributed by atoms with E-state index in [1.54, 1.807) is 36.2 Å². The van der Waals surface area contributed by atoms with Gasteiger partial charge in [0, 0.05) is 51.3 Å². The molecule has 0 radical (unpaired) electrons. The first-order chi connectivity index (χ1) is 17.9. The van der Waals surface area contributed by atoms with Crippen LogP contribution in [-0.2, 0) is 11.2 Å². The van der Waals surface area contributed by atoms with Gasteiger partial charge in [0.2, 0.25) is 5.91 Å². The van der Waals surface area contributed by atoms with Crippen molar-refractivity contribution in [1.29, 1.82) is 0 Å². The van der Waals surface area contributed by atoms with Crippen molar-refractivity contribution in [3.05, 3.63) is 130 Å². The highest BCUT2D eigenvalue weighted by atomic mass is 35.5. The first kappa shape index (κ1) is 28.5. The highest BCUT2D eigenvalue weighted by Crippen LogP contribution is 2.37. The molecule has 1 aliphatic heterocycles. The molecule has 37 heavy (non-hydrogen) atoms. The molecule has 190 valence electrons. The lowest BCUT2D eigenvalue weighted by Crippen LogP contribution is -2.23. The predicted molar refractivity (Wildman–Crippen MR) is 158 cm³/mol. The van der Waals surface area contributed by atoms with Crippen molar-refractivity contribution < 1.29 is 4.79 Å². The van der Waals surface area contributed by atoms with E-state index in [2.05, 4.69) is 35.6 Å². The van der Waals surface area contributed by atoms with Crippen molar-refractivity contribution in [3.63, 3.8) is 0 Å². The molecule has 0 aliphatic carbocycles. The fourth-order valence-electron chi connectivity index (χ4n) is 3.57. The van der Waals surface area contributed by atoms with Gasteiger partial charge in [0.25, 0.3) is 0 Å². The lowest BCUT2D eigenvalue weighted by molar-refractivity contribution is -0.120. The molecule has 0 saturated carbocycles. The summed E-state index contributed by atoms with van der Waals surface area (Å²) in [6.07, 6.45) is 9.28. The Morgan fingerprint density at radius 3 is 2.59 bits per heavy atom. The molecule has 0 spiro atoms. The summed E-state index contributed by atoms with van der Waals surface area (Å²) in [5, 5.41) is 4.03. The van der Waals surface area contributed by atoms with E-state index < -0.39 is 0 Å². The quantitative estimate of drug-likeness (QED) is 0.228. The molecule has 4 nitrogen and oxygen atoms in total. The van der Waals surface area contributed by atoms with Crippen LogP contribution in [0.5, 0.6) is 0 Å².